The number of ketones is 1. The smallest absolute Gasteiger partial charge is 0.244 e. The van der Waals surface area contributed by atoms with E-state index >= 15 is 0 Å². The number of aromatic nitrogens is 2. The fourth-order valence-corrected chi connectivity index (χ4v) is 3.49. The Balaban J connectivity index is 1.98. The molecular formula is C24H29N3O3. The average Bonchev–Trinajstić information content (AvgIpc) is 2.93. The van der Waals surface area contributed by atoms with E-state index in [4.69, 9.17) is 4.74 Å². The van der Waals surface area contributed by atoms with Crippen molar-refractivity contribution in [3.63, 3.8) is 0 Å². The van der Waals surface area contributed by atoms with Crippen LogP contribution in [0.3, 0.4) is 0 Å². The van der Waals surface area contributed by atoms with Crippen LogP contribution >= 0.6 is 0 Å². The maximum absolute atomic E-state index is 13.2. The Morgan fingerprint density at radius 1 is 1.23 bits per heavy atom. The number of allylic oxidation sites excluding steroid dienone is 6. The summed E-state index contributed by atoms with van der Waals surface area (Å²) in [7, 11) is 1.59. The second-order valence-electron chi connectivity index (χ2n) is 7.23. The molecule has 2 aromatic rings. The van der Waals surface area contributed by atoms with E-state index < -0.39 is 0 Å². The van der Waals surface area contributed by atoms with Gasteiger partial charge in [-0.05, 0) is 31.9 Å². The van der Waals surface area contributed by atoms with Crippen molar-refractivity contribution in [1.82, 2.24) is 14.7 Å². The second-order valence-corrected chi connectivity index (χ2v) is 7.23. The van der Waals surface area contributed by atoms with E-state index in [-0.39, 0.29) is 18.2 Å². The number of benzene rings is 1. The van der Waals surface area contributed by atoms with Gasteiger partial charge in [0.1, 0.15) is 18.0 Å². The minimum atomic E-state index is -0.144. The highest BCUT2D eigenvalue weighted by molar-refractivity contribution is 6.16. The maximum Gasteiger partial charge on any atom is 0.244 e. The fraction of sp³-hybridized carbons (Fsp3) is 0.375. The number of nitrogens with zero attached hydrogens (tertiary/aromatic N) is 3. The molecule has 0 atom stereocenters. The number of ether oxygens (including phenoxy) is 1. The number of carbonyl (C=O) groups is 2. The molecule has 0 aliphatic heterocycles. The highest BCUT2D eigenvalue weighted by Gasteiger charge is 2.22. The van der Waals surface area contributed by atoms with Crippen molar-refractivity contribution in [3.05, 3.63) is 59.8 Å². The molecule has 1 aliphatic carbocycles. The molecule has 0 spiro atoms. The summed E-state index contributed by atoms with van der Waals surface area (Å²) in [6.45, 7) is 5.55. The number of rotatable bonds is 9. The lowest BCUT2D eigenvalue weighted by Crippen LogP contribution is -2.34. The van der Waals surface area contributed by atoms with Crippen molar-refractivity contribution < 1.29 is 14.3 Å². The average molecular weight is 408 g/mol. The van der Waals surface area contributed by atoms with E-state index in [1.165, 1.54) is 0 Å². The van der Waals surface area contributed by atoms with Crippen molar-refractivity contribution in [2.45, 2.75) is 39.7 Å². The third-order valence-electron chi connectivity index (χ3n) is 5.23. The van der Waals surface area contributed by atoms with Gasteiger partial charge in [0.15, 0.2) is 0 Å². The van der Waals surface area contributed by atoms with Gasteiger partial charge in [0.2, 0.25) is 11.7 Å². The van der Waals surface area contributed by atoms with Gasteiger partial charge in [0.05, 0.1) is 12.6 Å². The Bertz CT molecular complexity index is 1010. The van der Waals surface area contributed by atoms with Crippen LogP contribution in [0.4, 0.5) is 0 Å². The molecule has 0 unspecified atom stereocenters. The quantitative estimate of drug-likeness (QED) is 0.581. The molecule has 158 valence electrons. The van der Waals surface area contributed by atoms with Crippen LogP contribution in [0.5, 0.6) is 5.75 Å². The molecule has 1 aromatic carbocycles. The number of methoxy groups -OCH3 is 1. The molecule has 0 fully saturated rings. The summed E-state index contributed by atoms with van der Waals surface area (Å²) >= 11 is 0. The van der Waals surface area contributed by atoms with Gasteiger partial charge >= 0.3 is 0 Å². The van der Waals surface area contributed by atoms with Crippen molar-refractivity contribution in [3.8, 4) is 5.75 Å². The normalized spacial score (nSPS) is 13.2. The molecule has 30 heavy (non-hydrogen) atoms. The molecule has 0 N–H and O–H groups in total. The van der Waals surface area contributed by atoms with Crippen molar-refractivity contribution in [2.75, 3.05) is 20.2 Å². The topological polar surface area (TPSA) is 64.4 Å². The lowest BCUT2D eigenvalue weighted by Gasteiger charge is -2.20. The molecule has 0 saturated heterocycles. The molecule has 1 heterocycles. The third kappa shape index (κ3) is 4.70. The van der Waals surface area contributed by atoms with Crippen molar-refractivity contribution in [1.29, 1.82) is 0 Å². The fourth-order valence-electron chi connectivity index (χ4n) is 3.49. The van der Waals surface area contributed by atoms with Gasteiger partial charge in [-0.1, -0.05) is 43.7 Å². The van der Waals surface area contributed by atoms with Crippen LogP contribution in [0, 0.1) is 0 Å². The summed E-state index contributed by atoms with van der Waals surface area (Å²) < 4.78 is 6.98. The minimum Gasteiger partial charge on any atom is -0.497 e. The predicted molar refractivity (Wildman–Crippen MR) is 119 cm³/mol. The van der Waals surface area contributed by atoms with Crippen LogP contribution in [-0.4, -0.2) is 46.6 Å². The molecule has 1 aromatic heterocycles. The molecule has 1 amide bonds. The Morgan fingerprint density at radius 2 is 2.07 bits per heavy atom. The Hall–Kier alpha value is -3.15. The number of fused-ring (bicyclic) bond motifs is 1. The molecule has 0 bridgehead atoms. The van der Waals surface area contributed by atoms with Crippen molar-refractivity contribution in [2.24, 2.45) is 0 Å². The molecule has 1 aliphatic rings. The highest BCUT2D eigenvalue weighted by Crippen LogP contribution is 2.26. The summed E-state index contributed by atoms with van der Waals surface area (Å²) in [5, 5.41) is 5.30. The van der Waals surface area contributed by atoms with Gasteiger partial charge in [-0.25, -0.2) is 0 Å². The minimum absolute atomic E-state index is 0.00468. The zero-order valence-electron chi connectivity index (χ0n) is 17.9. The Labute approximate surface area is 177 Å². The molecule has 6 heteroatoms. The van der Waals surface area contributed by atoms with Gasteiger partial charge in [0.25, 0.3) is 0 Å². The number of hydrogen-bond acceptors (Lipinski definition) is 4. The monoisotopic (exact) mass is 407 g/mol. The van der Waals surface area contributed by atoms with Crippen LogP contribution in [0.15, 0.2) is 54.2 Å². The Kier molecular flexibility index (Phi) is 7.22. The van der Waals surface area contributed by atoms with Crippen LogP contribution in [0.2, 0.25) is 0 Å². The summed E-state index contributed by atoms with van der Waals surface area (Å²) in [6, 6.07) is 5.47. The van der Waals surface area contributed by atoms with E-state index in [9.17, 15) is 9.59 Å². The van der Waals surface area contributed by atoms with Crippen LogP contribution < -0.4 is 4.74 Å². The molecular weight excluding hydrogens is 378 g/mol. The number of carbonyl (C=O) groups excluding carboxylic acids is 2. The second kappa shape index (κ2) is 10.1. The van der Waals surface area contributed by atoms with Gasteiger partial charge in [-0.3, -0.25) is 14.3 Å². The van der Waals surface area contributed by atoms with Crippen LogP contribution in [0.25, 0.3) is 10.9 Å². The zero-order valence-corrected chi connectivity index (χ0v) is 17.9. The van der Waals surface area contributed by atoms with E-state index in [0.717, 1.165) is 24.8 Å². The number of unbranched alkanes of at least 4 members (excludes halogenated alkanes) is 1. The highest BCUT2D eigenvalue weighted by atomic mass is 16.5. The first-order valence-electron chi connectivity index (χ1n) is 10.5. The SMILES string of the molecule is CCCCN(CC)C(=O)Cn1nc(C(=O)C2=CCC=CC=C2)c2ccc(OC)cc21. The van der Waals surface area contributed by atoms with E-state index in [1.807, 2.05) is 54.3 Å². The molecule has 3 rings (SSSR count). The number of Topliss-reactive ketones (excluding diaryl/α,β-unsaturated/α-hetero) is 1. The van der Waals surface area contributed by atoms with Crippen molar-refractivity contribution >= 4 is 22.6 Å². The van der Waals surface area contributed by atoms with Crippen LogP contribution in [-0.2, 0) is 11.3 Å². The van der Waals surface area contributed by atoms with Gasteiger partial charge in [-0.15, -0.1) is 0 Å². The molecule has 0 saturated carbocycles. The molecule has 0 radical (unpaired) electrons. The first-order chi connectivity index (χ1) is 14.6. The summed E-state index contributed by atoms with van der Waals surface area (Å²) in [5.41, 5.74) is 1.68. The largest absolute Gasteiger partial charge is 0.497 e. The third-order valence-corrected chi connectivity index (χ3v) is 5.23. The van der Waals surface area contributed by atoms with E-state index in [2.05, 4.69) is 12.0 Å². The Morgan fingerprint density at radius 3 is 2.80 bits per heavy atom. The van der Waals surface area contributed by atoms with E-state index in [1.54, 1.807) is 17.9 Å². The number of hydrogen-bond donors (Lipinski definition) is 0. The zero-order chi connectivity index (χ0) is 21.5. The first kappa shape index (κ1) is 21.6. The lowest BCUT2D eigenvalue weighted by molar-refractivity contribution is -0.131. The first-order valence-corrected chi connectivity index (χ1v) is 10.5. The van der Waals surface area contributed by atoms with Gasteiger partial charge in [0, 0.05) is 30.1 Å². The van der Waals surface area contributed by atoms with Gasteiger partial charge < -0.3 is 9.64 Å². The summed E-state index contributed by atoms with van der Waals surface area (Å²) in [5.74, 6) is 0.510. The number of amides is 1. The predicted octanol–water partition coefficient (Wildman–Crippen LogP) is 4.32. The molecule has 6 nitrogen and oxygen atoms in total. The van der Waals surface area contributed by atoms with Gasteiger partial charge in [-0.2, -0.15) is 5.10 Å². The summed E-state index contributed by atoms with van der Waals surface area (Å²) in [4.78, 5) is 27.9. The standard InChI is InChI=1S/C24H29N3O3/c1-4-6-15-26(5-2)22(28)17-27-21-16-19(30-3)13-14-20(21)23(25-27)24(29)18-11-9-7-8-10-12-18/h7-9,11-14,16H,4-6,10,15,17H2,1-3H3. The van der Waals surface area contributed by atoms with Crippen LogP contribution in [0.1, 0.15) is 43.6 Å². The maximum atomic E-state index is 13.2. The lowest BCUT2D eigenvalue weighted by atomic mass is 10.0. The number of likely N-dealkylation sites (N-methyl/N-ethyl adjacent to an activating group) is 1. The summed E-state index contributed by atoms with van der Waals surface area (Å²) in [6.07, 6.45) is 12.2. The van der Waals surface area contributed by atoms with E-state index in [0.29, 0.717) is 35.5 Å².